The first-order valence-corrected chi connectivity index (χ1v) is 1.69. The van der Waals surface area contributed by atoms with Gasteiger partial charge in [0.05, 0.1) is 0 Å². The van der Waals surface area contributed by atoms with Gasteiger partial charge in [0.25, 0.3) is 0 Å². The molecular formula is C4H9Ti-. The Kier molecular flexibility index (Phi) is 16.3. The Hall–Kier alpha value is 0.714. The molecule has 0 unspecified atom stereocenters. The largest absolute Gasteiger partial charge is 0.332 e. The zero-order valence-corrected chi connectivity index (χ0v) is 5.35. The van der Waals surface area contributed by atoms with Crippen LogP contribution in [0.4, 0.5) is 0 Å². The maximum atomic E-state index is 2.12. The number of rotatable bonds is 1. The topological polar surface area (TPSA) is 0 Å². The normalized spacial score (nSPS) is 6.00. The van der Waals surface area contributed by atoms with Crippen molar-refractivity contribution in [3.63, 3.8) is 0 Å². The first kappa shape index (κ1) is 9.21. The van der Waals surface area contributed by atoms with Crippen LogP contribution in [-0.2, 0) is 21.7 Å². The van der Waals surface area contributed by atoms with Crippen molar-refractivity contribution >= 4 is 0 Å². The molecule has 0 nitrogen and oxygen atoms in total. The molecule has 0 saturated carbocycles. The Bertz CT molecular complexity index is 5.61. The summed E-state index contributed by atoms with van der Waals surface area (Å²) >= 11 is 0. The second-order valence-electron chi connectivity index (χ2n) is 0.816. The Morgan fingerprint density at radius 2 is 1.80 bits per heavy atom. The third-order valence-electron chi connectivity index (χ3n) is 0.408. The van der Waals surface area contributed by atoms with Crippen LogP contribution >= 0.6 is 0 Å². The molecule has 0 aromatic rings. The third kappa shape index (κ3) is 11.8. The Balaban J connectivity index is 0. The van der Waals surface area contributed by atoms with Gasteiger partial charge >= 0.3 is 0 Å². The molecule has 0 aliphatic heterocycles. The van der Waals surface area contributed by atoms with E-state index in [0.717, 1.165) is 0 Å². The first-order valence-electron chi connectivity index (χ1n) is 1.69. The minimum Gasteiger partial charge on any atom is -0.332 e. The van der Waals surface area contributed by atoms with E-state index in [9.17, 15) is 0 Å². The van der Waals surface area contributed by atoms with Crippen LogP contribution in [0.5, 0.6) is 0 Å². The molecule has 1 heteroatoms. The van der Waals surface area contributed by atoms with Crippen molar-refractivity contribution in [1.82, 2.24) is 0 Å². The zero-order chi connectivity index (χ0) is 3.41. The van der Waals surface area contributed by atoms with Gasteiger partial charge < -0.3 is 6.42 Å². The molecule has 0 radical (unpaired) electrons. The van der Waals surface area contributed by atoms with Crippen molar-refractivity contribution in [3.8, 4) is 0 Å². The number of hydrogen-bond donors (Lipinski definition) is 0. The molecule has 0 spiro atoms. The maximum Gasteiger partial charge on any atom is 0 e. The summed E-state index contributed by atoms with van der Waals surface area (Å²) in [5.74, 6) is 0. The van der Waals surface area contributed by atoms with Crippen LogP contribution in [0.2, 0.25) is 0 Å². The van der Waals surface area contributed by atoms with Gasteiger partial charge in [-0.2, -0.15) is 13.3 Å². The molecule has 0 N–H and O–H groups in total. The minimum atomic E-state index is 0. The van der Waals surface area contributed by atoms with Crippen LogP contribution in [0.25, 0.3) is 0 Å². The van der Waals surface area contributed by atoms with E-state index in [1.54, 1.807) is 0 Å². The van der Waals surface area contributed by atoms with Crippen molar-refractivity contribution in [2.45, 2.75) is 20.3 Å². The van der Waals surface area contributed by atoms with E-state index in [0.29, 0.717) is 0 Å². The van der Waals surface area contributed by atoms with Gasteiger partial charge in [-0.05, 0) is 0 Å². The van der Waals surface area contributed by atoms with E-state index in [4.69, 9.17) is 0 Å². The predicted molar refractivity (Wildman–Crippen MR) is 20.3 cm³/mol. The fourth-order valence-electron chi connectivity index (χ4n) is 0. The van der Waals surface area contributed by atoms with E-state index in [1.165, 1.54) is 6.42 Å². The van der Waals surface area contributed by atoms with Crippen molar-refractivity contribution in [2.75, 3.05) is 0 Å². The molecule has 30 valence electrons. The van der Waals surface area contributed by atoms with Gasteiger partial charge in [0, 0.05) is 21.7 Å². The summed E-state index contributed by atoms with van der Waals surface area (Å²) < 4.78 is 0. The fraction of sp³-hybridized carbons (Fsp3) is 0.750. The van der Waals surface area contributed by atoms with Gasteiger partial charge in [-0.15, -0.1) is 0 Å². The number of hydrogen-bond acceptors (Lipinski definition) is 0. The molecule has 0 aromatic carbocycles. The average molecular weight is 105 g/mol. The molecule has 0 aliphatic carbocycles. The third-order valence-corrected chi connectivity index (χ3v) is 0.408. The molecule has 0 saturated heterocycles. The summed E-state index contributed by atoms with van der Waals surface area (Å²) in [6.45, 7) is 4.18. The van der Waals surface area contributed by atoms with E-state index in [2.05, 4.69) is 20.3 Å². The van der Waals surface area contributed by atoms with Crippen molar-refractivity contribution < 1.29 is 21.7 Å². The smallest absolute Gasteiger partial charge is 0 e. The van der Waals surface area contributed by atoms with Crippen molar-refractivity contribution in [3.05, 3.63) is 6.42 Å². The summed E-state index contributed by atoms with van der Waals surface area (Å²) in [6.07, 6.45) is 3.32. The van der Waals surface area contributed by atoms with Gasteiger partial charge in [-0.25, -0.2) is 0 Å². The van der Waals surface area contributed by atoms with Crippen LogP contribution in [0.15, 0.2) is 0 Å². The SMILES string of the molecule is C[CH-]CC.[Ti]. The summed E-state index contributed by atoms with van der Waals surface area (Å²) in [7, 11) is 0. The summed E-state index contributed by atoms with van der Waals surface area (Å²) in [6, 6.07) is 0. The van der Waals surface area contributed by atoms with Crippen LogP contribution in [0.1, 0.15) is 20.3 Å². The van der Waals surface area contributed by atoms with Crippen LogP contribution in [-0.4, -0.2) is 0 Å². The molecule has 0 aliphatic rings. The zero-order valence-electron chi connectivity index (χ0n) is 3.78. The quantitative estimate of drug-likeness (QED) is 0.351. The van der Waals surface area contributed by atoms with Gasteiger partial charge in [0.1, 0.15) is 0 Å². The van der Waals surface area contributed by atoms with Gasteiger partial charge in [0.15, 0.2) is 0 Å². The average Bonchev–Trinajstić information content (AvgIpc) is 1.37. The Morgan fingerprint density at radius 1 is 1.60 bits per heavy atom. The van der Waals surface area contributed by atoms with Crippen LogP contribution < -0.4 is 0 Å². The molecule has 0 bridgehead atoms. The summed E-state index contributed by atoms with van der Waals surface area (Å²) in [5.41, 5.74) is 0. The van der Waals surface area contributed by atoms with Crippen LogP contribution in [0, 0.1) is 6.42 Å². The van der Waals surface area contributed by atoms with Crippen molar-refractivity contribution in [2.24, 2.45) is 0 Å². The van der Waals surface area contributed by atoms with E-state index >= 15 is 0 Å². The molecule has 5 heavy (non-hydrogen) atoms. The fourth-order valence-corrected chi connectivity index (χ4v) is 0. The van der Waals surface area contributed by atoms with E-state index in [1.807, 2.05) is 0 Å². The molecule has 0 aromatic heterocycles. The summed E-state index contributed by atoms with van der Waals surface area (Å²) in [4.78, 5) is 0. The van der Waals surface area contributed by atoms with Gasteiger partial charge in [-0.3, -0.25) is 0 Å². The van der Waals surface area contributed by atoms with Gasteiger partial charge in [0.2, 0.25) is 0 Å². The van der Waals surface area contributed by atoms with Gasteiger partial charge in [-0.1, -0.05) is 6.92 Å². The second kappa shape index (κ2) is 8.83. The number of unbranched alkanes of at least 4 members (excludes halogenated alkanes) is 1. The maximum absolute atomic E-state index is 2.12. The molecule has 0 rings (SSSR count). The Labute approximate surface area is 48.8 Å². The molecule has 0 fully saturated rings. The molecule has 0 heterocycles. The van der Waals surface area contributed by atoms with Crippen LogP contribution in [0.3, 0.4) is 0 Å². The molecule has 0 atom stereocenters. The summed E-state index contributed by atoms with van der Waals surface area (Å²) in [5, 5.41) is 0. The molecular weight excluding hydrogens is 95.9 g/mol. The second-order valence-corrected chi connectivity index (χ2v) is 0.816. The van der Waals surface area contributed by atoms with E-state index in [-0.39, 0.29) is 21.7 Å². The predicted octanol–water partition coefficient (Wildman–Crippen LogP) is 1.62. The monoisotopic (exact) mass is 105 g/mol. The standard InChI is InChI=1S/C4H9.Ti/c1-3-4-2;/h3H,4H2,1-2H3;/q-1;. The van der Waals surface area contributed by atoms with Crippen molar-refractivity contribution in [1.29, 1.82) is 0 Å². The Morgan fingerprint density at radius 3 is 1.80 bits per heavy atom. The molecule has 0 amide bonds. The first-order chi connectivity index (χ1) is 1.91. The van der Waals surface area contributed by atoms with E-state index < -0.39 is 0 Å². The minimum absolute atomic E-state index is 0.